The summed E-state index contributed by atoms with van der Waals surface area (Å²) in [5.74, 6) is 0.0203. The van der Waals surface area contributed by atoms with Crippen molar-refractivity contribution in [2.75, 3.05) is 13.7 Å². The third-order valence-electron chi connectivity index (χ3n) is 5.84. The van der Waals surface area contributed by atoms with Crippen LogP contribution in [0.25, 0.3) is 5.57 Å². The molecule has 0 fully saturated rings. The van der Waals surface area contributed by atoms with E-state index in [9.17, 15) is 14.0 Å². The number of hydrogen-bond donors (Lipinski definition) is 1. The average molecular weight is 518 g/mol. The Balaban J connectivity index is 2.46. The Labute approximate surface area is 218 Å². The molecule has 204 valence electrons. The van der Waals surface area contributed by atoms with Crippen LogP contribution in [0.1, 0.15) is 59.6 Å². The van der Waals surface area contributed by atoms with Gasteiger partial charge in [0.15, 0.2) is 0 Å². The molecular weight excluding hydrogens is 477 g/mol. The maximum Gasteiger partial charge on any atom is 0.274 e. The van der Waals surface area contributed by atoms with Crippen LogP contribution >= 0.6 is 0 Å². The lowest BCUT2D eigenvalue weighted by molar-refractivity contribution is -0.125. The van der Waals surface area contributed by atoms with E-state index in [-0.39, 0.29) is 54.5 Å². The molecular formula is C28H40FN3O5. The fourth-order valence-corrected chi connectivity index (χ4v) is 3.44. The second kappa shape index (κ2) is 13.9. The van der Waals surface area contributed by atoms with Crippen molar-refractivity contribution in [3.05, 3.63) is 57.6 Å². The largest absolute Gasteiger partial charge is 0.496 e. The van der Waals surface area contributed by atoms with Crippen molar-refractivity contribution in [1.82, 2.24) is 15.1 Å². The molecule has 1 aromatic heterocycles. The molecule has 1 atom stereocenters. The first-order chi connectivity index (χ1) is 17.4. The van der Waals surface area contributed by atoms with Crippen LogP contribution in [-0.2, 0) is 22.7 Å². The van der Waals surface area contributed by atoms with Crippen molar-refractivity contribution in [1.29, 1.82) is 0 Å². The molecule has 0 spiro atoms. The summed E-state index contributed by atoms with van der Waals surface area (Å²) in [7, 11) is 1.50. The van der Waals surface area contributed by atoms with Gasteiger partial charge in [0.25, 0.3) is 5.56 Å². The van der Waals surface area contributed by atoms with Crippen molar-refractivity contribution in [2.45, 2.75) is 73.8 Å². The van der Waals surface area contributed by atoms with Crippen molar-refractivity contribution in [3.8, 4) is 11.6 Å². The van der Waals surface area contributed by atoms with Gasteiger partial charge in [0.2, 0.25) is 11.8 Å². The second-order valence-electron chi connectivity index (χ2n) is 9.91. The van der Waals surface area contributed by atoms with E-state index in [1.807, 2.05) is 54.5 Å². The monoisotopic (exact) mass is 517 g/mol. The lowest BCUT2D eigenvalue weighted by atomic mass is 10.0. The van der Waals surface area contributed by atoms with Gasteiger partial charge in [-0.15, -0.1) is 5.10 Å². The Morgan fingerprint density at radius 2 is 1.86 bits per heavy atom. The number of nitrogens with one attached hydrogen (secondary N) is 1. The summed E-state index contributed by atoms with van der Waals surface area (Å²) in [5, 5.41) is 7.44. The van der Waals surface area contributed by atoms with Crippen molar-refractivity contribution in [3.63, 3.8) is 0 Å². The smallest absolute Gasteiger partial charge is 0.274 e. The number of carbonyl (C=O) groups excluding carboxylic acids is 1. The summed E-state index contributed by atoms with van der Waals surface area (Å²) < 4.78 is 32.0. The molecule has 0 radical (unpaired) electrons. The zero-order chi connectivity index (χ0) is 27.7. The summed E-state index contributed by atoms with van der Waals surface area (Å²) in [6.45, 7) is 13.8. The number of carbonyl (C=O) groups is 1. The van der Waals surface area contributed by atoms with Gasteiger partial charge in [-0.1, -0.05) is 33.8 Å². The van der Waals surface area contributed by atoms with E-state index < -0.39 is 5.82 Å². The molecule has 1 N–H and O–H groups in total. The lowest BCUT2D eigenvalue weighted by Crippen LogP contribution is -2.45. The number of rotatable bonds is 13. The summed E-state index contributed by atoms with van der Waals surface area (Å²) in [6.07, 6.45) is 1.88. The van der Waals surface area contributed by atoms with Crippen LogP contribution in [0.2, 0.25) is 0 Å². The van der Waals surface area contributed by atoms with Gasteiger partial charge in [-0.2, -0.15) is 0 Å². The molecule has 0 aliphatic rings. The number of allylic oxidation sites excluding steroid dienone is 1. The Bertz CT molecular complexity index is 1140. The molecule has 2 rings (SSSR count). The number of ether oxygens (including phenoxy) is 3. The number of halogens is 1. The first kappa shape index (κ1) is 30.0. The van der Waals surface area contributed by atoms with Gasteiger partial charge in [-0.25, -0.2) is 9.07 Å². The van der Waals surface area contributed by atoms with Crippen molar-refractivity contribution < 1.29 is 23.4 Å². The maximum atomic E-state index is 13.8. The number of nitrogens with zero attached hydrogens (tertiary/aromatic N) is 2. The Morgan fingerprint density at radius 3 is 2.46 bits per heavy atom. The SMILES string of the molecule is COc1ccc(F)cc1COc1cc(/C(C)=C/COC(C)C)c(=O)n(C[C@@H](NC(=O)C(C)C)C(C)C)n1. The second-order valence-corrected chi connectivity index (χ2v) is 9.91. The Morgan fingerprint density at radius 1 is 1.16 bits per heavy atom. The molecule has 0 aliphatic carbocycles. The fourth-order valence-electron chi connectivity index (χ4n) is 3.44. The highest BCUT2D eigenvalue weighted by Gasteiger charge is 2.21. The zero-order valence-electron chi connectivity index (χ0n) is 23.1. The topological polar surface area (TPSA) is 91.7 Å². The summed E-state index contributed by atoms with van der Waals surface area (Å²) in [6, 6.07) is 5.42. The number of aromatic nitrogens is 2. The molecule has 1 heterocycles. The molecule has 0 saturated carbocycles. The van der Waals surface area contributed by atoms with E-state index in [1.54, 1.807) is 6.07 Å². The minimum absolute atomic E-state index is 0.0114. The predicted molar refractivity (Wildman–Crippen MR) is 142 cm³/mol. The first-order valence-electron chi connectivity index (χ1n) is 12.6. The van der Waals surface area contributed by atoms with Crippen LogP contribution in [0, 0.1) is 17.7 Å². The van der Waals surface area contributed by atoms with E-state index >= 15 is 0 Å². The van der Waals surface area contributed by atoms with Crippen LogP contribution in [-0.4, -0.2) is 41.6 Å². The molecule has 1 aromatic carbocycles. The standard InChI is InChI=1S/C28H40FN3O5/c1-17(2)24(30-27(33)18(3)4)15-32-28(34)23(20(7)11-12-36-19(5)6)14-26(31-32)37-16-21-13-22(29)9-10-25(21)35-8/h9-11,13-14,17-19,24H,12,15-16H2,1-8H3,(H,30,33)/b20-11+/t24-/m1/s1. The van der Waals surface area contributed by atoms with Crippen molar-refractivity contribution >= 4 is 11.5 Å². The molecule has 9 heteroatoms. The summed E-state index contributed by atoms with van der Waals surface area (Å²) in [4.78, 5) is 25.8. The molecule has 1 amide bonds. The minimum atomic E-state index is -0.414. The lowest BCUT2D eigenvalue weighted by Gasteiger charge is -2.24. The van der Waals surface area contributed by atoms with Gasteiger partial charge < -0.3 is 19.5 Å². The quantitative estimate of drug-likeness (QED) is 0.418. The Kier molecular flexibility index (Phi) is 11.3. The third kappa shape index (κ3) is 9.00. The van der Waals surface area contributed by atoms with Crippen LogP contribution in [0.4, 0.5) is 4.39 Å². The Hall–Kier alpha value is -3.20. The minimum Gasteiger partial charge on any atom is -0.496 e. The van der Waals surface area contributed by atoms with Gasteiger partial charge in [0.05, 0.1) is 32.4 Å². The summed E-state index contributed by atoms with van der Waals surface area (Å²) >= 11 is 0. The van der Waals surface area contributed by atoms with Crippen LogP contribution in [0.15, 0.2) is 35.1 Å². The maximum absolute atomic E-state index is 13.8. The van der Waals surface area contributed by atoms with Crippen LogP contribution in [0.3, 0.4) is 0 Å². The van der Waals surface area contributed by atoms with Crippen LogP contribution in [0.5, 0.6) is 11.6 Å². The van der Waals surface area contributed by atoms with Gasteiger partial charge in [0, 0.05) is 23.1 Å². The summed E-state index contributed by atoms with van der Waals surface area (Å²) in [5.41, 5.74) is 1.31. The predicted octanol–water partition coefficient (Wildman–Crippen LogP) is 4.60. The third-order valence-corrected chi connectivity index (χ3v) is 5.84. The van der Waals surface area contributed by atoms with Gasteiger partial charge >= 0.3 is 0 Å². The zero-order valence-corrected chi connectivity index (χ0v) is 23.1. The number of hydrogen-bond acceptors (Lipinski definition) is 6. The molecule has 0 bridgehead atoms. The number of benzene rings is 1. The number of methoxy groups -OCH3 is 1. The molecule has 8 nitrogen and oxygen atoms in total. The van der Waals surface area contributed by atoms with E-state index in [4.69, 9.17) is 14.2 Å². The molecule has 0 unspecified atom stereocenters. The molecule has 2 aromatic rings. The van der Waals surface area contributed by atoms with Gasteiger partial charge in [-0.05, 0) is 50.5 Å². The molecule has 37 heavy (non-hydrogen) atoms. The molecule has 0 aliphatic heterocycles. The van der Waals surface area contributed by atoms with E-state index in [0.29, 0.717) is 29.1 Å². The van der Waals surface area contributed by atoms with Gasteiger partial charge in [-0.3, -0.25) is 9.59 Å². The van der Waals surface area contributed by atoms with Gasteiger partial charge in [0.1, 0.15) is 18.2 Å². The highest BCUT2D eigenvalue weighted by atomic mass is 19.1. The van der Waals surface area contributed by atoms with E-state index in [2.05, 4.69) is 10.4 Å². The number of amides is 1. The highest BCUT2D eigenvalue weighted by molar-refractivity contribution is 5.78. The van der Waals surface area contributed by atoms with Crippen molar-refractivity contribution in [2.24, 2.45) is 11.8 Å². The fraction of sp³-hybridized carbons (Fsp3) is 0.536. The molecule has 0 saturated heterocycles. The highest BCUT2D eigenvalue weighted by Crippen LogP contribution is 2.22. The van der Waals surface area contributed by atoms with E-state index in [0.717, 1.165) is 0 Å². The van der Waals surface area contributed by atoms with Crippen LogP contribution < -0.4 is 20.3 Å². The first-order valence-corrected chi connectivity index (χ1v) is 12.6. The normalized spacial score (nSPS) is 12.8. The average Bonchev–Trinajstić information content (AvgIpc) is 2.83. The van der Waals surface area contributed by atoms with E-state index in [1.165, 1.54) is 30.0 Å².